The Bertz CT molecular complexity index is 994. The zero-order valence-corrected chi connectivity index (χ0v) is 20.2. The van der Waals surface area contributed by atoms with E-state index in [9.17, 15) is 18.0 Å². The molecule has 2 aliphatic rings. The second-order valence-corrected chi connectivity index (χ2v) is 9.99. The van der Waals surface area contributed by atoms with Gasteiger partial charge in [0.05, 0.1) is 50.6 Å². The first-order valence-corrected chi connectivity index (χ1v) is 13.1. The number of ether oxygens (including phenoxy) is 2. The molecule has 1 aliphatic heterocycles. The maximum atomic E-state index is 12.7. The Morgan fingerprint density at radius 3 is 2.41 bits per heavy atom. The van der Waals surface area contributed by atoms with Gasteiger partial charge in [0.2, 0.25) is 11.8 Å². The molecule has 2 atom stereocenters. The predicted octanol–water partition coefficient (Wildman–Crippen LogP) is 1.27. The lowest BCUT2D eigenvalue weighted by atomic mass is 9.72. The van der Waals surface area contributed by atoms with Gasteiger partial charge in [-0.1, -0.05) is 54.6 Å². The van der Waals surface area contributed by atoms with Crippen LogP contribution in [0.25, 0.3) is 0 Å². The number of carbonyl (C=O) groups is 2. The molecule has 1 aromatic rings. The summed E-state index contributed by atoms with van der Waals surface area (Å²) >= 11 is 0. The molecule has 186 valence electrons. The number of imide groups is 1. The van der Waals surface area contributed by atoms with Crippen molar-refractivity contribution in [2.24, 2.45) is 11.3 Å². The van der Waals surface area contributed by atoms with Gasteiger partial charge in [0.25, 0.3) is 10.1 Å². The molecule has 0 aromatic heterocycles. The summed E-state index contributed by atoms with van der Waals surface area (Å²) in [7, 11) is -3.46. The van der Waals surface area contributed by atoms with Gasteiger partial charge in [0.1, 0.15) is 0 Å². The number of carbonyl (C=O) groups excluding carboxylic acids is 2. The average Bonchev–Trinajstić information content (AvgIpc) is 3.06. The maximum absolute atomic E-state index is 12.7. The van der Waals surface area contributed by atoms with E-state index >= 15 is 0 Å². The maximum Gasteiger partial charge on any atom is 0.264 e. The number of hydrogen-bond acceptors (Lipinski definition) is 8. The van der Waals surface area contributed by atoms with Crippen LogP contribution in [0.1, 0.15) is 12.0 Å². The van der Waals surface area contributed by atoms with Crippen LogP contribution in [0, 0.1) is 11.3 Å². The fourth-order valence-corrected chi connectivity index (χ4v) is 4.46. The summed E-state index contributed by atoms with van der Waals surface area (Å²) in [6.45, 7) is 3.26. The first-order valence-electron chi connectivity index (χ1n) is 11.3. The molecule has 2 unspecified atom stereocenters. The van der Waals surface area contributed by atoms with Crippen molar-refractivity contribution >= 4 is 21.9 Å². The lowest BCUT2D eigenvalue weighted by molar-refractivity contribution is -0.127. The predicted molar refractivity (Wildman–Crippen MR) is 126 cm³/mol. The summed E-state index contributed by atoms with van der Waals surface area (Å²) in [6.07, 6.45) is 8.81. The van der Waals surface area contributed by atoms with Gasteiger partial charge >= 0.3 is 0 Å². The molecule has 0 saturated carbocycles. The van der Waals surface area contributed by atoms with Crippen molar-refractivity contribution in [2.75, 3.05) is 52.4 Å². The quantitative estimate of drug-likeness (QED) is 0.221. The Balaban J connectivity index is 1.47. The lowest BCUT2D eigenvalue weighted by Crippen LogP contribution is -2.38. The van der Waals surface area contributed by atoms with Crippen LogP contribution in [0.2, 0.25) is 0 Å². The van der Waals surface area contributed by atoms with Crippen molar-refractivity contribution in [3.63, 3.8) is 0 Å². The zero-order valence-electron chi connectivity index (χ0n) is 19.4. The van der Waals surface area contributed by atoms with Crippen molar-refractivity contribution in [2.45, 2.75) is 13.0 Å². The molecule has 1 aromatic carbocycles. The van der Waals surface area contributed by atoms with E-state index in [0.717, 1.165) is 11.8 Å². The Labute approximate surface area is 200 Å². The number of rotatable bonds is 15. The fraction of sp³-hybridized carbons (Fsp3) is 0.500. The number of hydrogen-bond donors (Lipinski definition) is 1. The Morgan fingerprint density at radius 1 is 0.971 bits per heavy atom. The number of nitrogens with one attached hydrogen (secondary N) is 1. The molecule has 0 bridgehead atoms. The molecule has 34 heavy (non-hydrogen) atoms. The number of fused-ring (bicyclic) bond motifs is 1. The van der Waals surface area contributed by atoms with Crippen LogP contribution in [0.4, 0.5) is 0 Å². The molecule has 1 saturated heterocycles. The van der Waals surface area contributed by atoms with E-state index in [0.29, 0.717) is 45.9 Å². The van der Waals surface area contributed by atoms with E-state index in [1.165, 1.54) is 0 Å². The van der Waals surface area contributed by atoms with E-state index in [1.807, 2.05) is 36.4 Å². The van der Waals surface area contributed by atoms with Crippen LogP contribution >= 0.6 is 0 Å². The molecule has 2 amide bonds. The van der Waals surface area contributed by atoms with Gasteiger partial charge in [-0.25, -0.2) is 0 Å². The minimum Gasteiger partial charge on any atom is -0.378 e. The van der Waals surface area contributed by atoms with Crippen LogP contribution in [0.3, 0.4) is 0 Å². The molecule has 10 heteroatoms. The average molecular weight is 493 g/mol. The van der Waals surface area contributed by atoms with Crippen LogP contribution in [0.15, 0.2) is 54.6 Å². The minimum absolute atomic E-state index is 0.0217. The Hall–Kier alpha value is -2.37. The molecule has 1 aliphatic carbocycles. The molecule has 0 radical (unpaired) electrons. The number of benzene rings is 1. The summed E-state index contributed by atoms with van der Waals surface area (Å²) < 4.78 is 37.4. The highest BCUT2D eigenvalue weighted by Gasteiger charge is 2.52. The SMILES string of the molecule is CS(=O)(=O)OCCOCCOCCN(CCC12C=CC=CC1C(=O)NC2=O)Cc1ccccc1. The van der Waals surface area contributed by atoms with Gasteiger partial charge in [0.15, 0.2) is 0 Å². The van der Waals surface area contributed by atoms with Crippen LogP contribution in [0.5, 0.6) is 0 Å². The van der Waals surface area contributed by atoms with Crippen molar-refractivity contribution < 1.29 is 31.7 Å². The third-order valence-corrected chi connectivity index (χ3v) is 6.44. The number of amides is 2. The van der Waals surface area contributed by atoms with Gasteiger partial charge in [-0.15, -0.1) is 0 Å². The van der Waals surface area contributed by atoms with Crippen LogP contribution < -0.4 is 5.32 Å². The molecular weight excluding hydrogens is 460 g/mol. The van der Waals surface area contributed by atoms with Gasteiger partial charge in [-0.2, -0.15) is 8.42 Å². The summed E-state index contributed by atoms with van der Waals surface area (Å²) in [6, 6.07) is 10.0. The number of allylic oxidation sites excluding steroid dienone is 2. The topological polar surface area (TPSA) is 111 Å². The van der Waals surface area contributed by atoms with Crippen LogP contribution in [-0.4, -0.2) is 77.5 Å². The monoisotopic (exact) mass is 492 g/mol. The molecule has 1 heterocycles. The van der Waals surface area contributed by atoms with Crippen molar-refractivity contribution in [3.8, 4) is 0 Å². The second-order valence-electron chi connectivity index (χ2n) is 8.34. The highest BCUT2D eigenvalue weighted by Crippen LogP contribution is 2.41. The molecule has 1 N–H and O–H groups in total. The van der Waals surface area contributed by atoms with Crippen molar-refractivity contribution in [1.82, 2.24) is 10.2 Å². The minimum atomic E-state index is -3.46. The van der Waals surface area contributed by atoms with E-state index < -0.39 is 21.5 Å². The summed E-state index contributed by atoms with van der Waals surface area (Å²) in [5, 5.41) is 2.48. The highest BCUT2D eigenvalue weighted by atomic mass is 32.2. The first kappa shape index (κ1) is 26.2. The summed E-state index contributed by atoms with van der Waals surface area (Å²) in [4.78, 5) is 27.1. The smallest absolute Gasteiger partial charge is 0.264 e. The first-order chi connectivity index (χ1) is 16.3. The van der Waals surface area contributed by atoms with Gasteiger partial charge in [-0.3, -0.25) is 24.0 Å². The van der Waals surface area contributed by atoms with Crippen LogP contribution in [-0.2, 0) is 39.9 Å². The second kappa shape index (κ2) is 12.4. The van der Waals surface area contributed by atoms with E-state index in [4.69, 9.17) is 9.47 Å². The largest absolute Gasteiger partial charge is 0.378 e. The third-order valence-electron chi connectivity index (χ3n) is 5.84. The number of nitrogens with zero attached hydrogens (tertiary/aromatic N) is 1. The van der Waals surface area contributed by atoms with Crippen molar-refractivity contribution in [1.29, 1.82) is 0 Å². The van der Waals surface area contributed by atoms with E-state index in [2.05, 4.69) is 26.5 Å². The summed E-state index contributed by atoms with van der Waals surface area (Å²) in [5.74, 6) is -0.954. The normalized spacial score (nSPS) is 21.8. The summed E-state index contributed by atoms with van der Waals surface area (Å²) in [5.41, 5.74) is 0.306. The standard InChI is InChI=1S/C24H32N2O7S/c1-34(29,30)33-18-17-32-16-15-31-14-13-26(19-20-7-3-2-4-8-20)12-11-24-10-6-5-9-21(24)22(27)25-23(24)28/h2-10,21H,11-19H2,1H3,(H,25,27,28). The Morgan fingerprint density at radius 2 is 1.68 bits per heavy atom. The van der Waals surface area contributed by atoms with Gasteiger partial charge < -0.3 is 9.47 Å². The van der Waals surface area contributed by atoms with Crippen molar-refractivity contribution in [3.05, 3.63) is 60.2 Å². The van der Waals surface area contributed by atoms with Gasteiger partial charge in [-0.05, 0) is 18.5 Å². The Kier molecular flexibility index (Phi) is 9.54. The molecule has 1 fully saturated rings. The zero-order chi connectivity index (χ0) is 24.4. The fourth-order valence-electron chi connectivity index (χ4n) is 4.09. The third kappa shape index (κ3) is 7.57. The molecule has 0 spiro atoms. The molecule has 3 rings (SSSR count). The van der Waals surface area contributed by atoms with E-state index in [1.54, 1.807) is 6.08 Å². The van der Waals surface area contributed by atoms with E-state index in [-0.39, 0.29) is 25.0 Å². The molecular formula is C24H32N2O7S. The molecule has 9 nitrogen and oxygen atoms in total. The van der Waals surface area contributed by atoms with Gasteiger partial charge in [0, 0.05) is 13.1 Å². The lowest BCUT2D eigenvalue weighted by Gasteiger charge is -2.31. The highest BCUT2D eigenvalue weighted by molar-refractivity contribution is 7.85.